The van der Waals surface area contributed by atoms with Crippen LogP contribution in [0.3, 0.4) is 0 Å². The van der Waals surface area contributed by atoms with Crippen LogP contribution < -0.4 is 16.0 Å². The highest BCUT2D eigenvalue weighted by Gasteiger charge is 2.14. The fourth-order valence-corrected chi connectivity index (χ4v) is 3.01. The van der Waals surface area contributed by atoms with Gasteiger partial charge in [-0.2, -0.15) is 0 Å². The monoisotopic (exact) mass is 364 g/mol. The van der Waals surface area contributed by atoms with E-state index in [-0.39, 0.29) is 18.7 Å². The van der Waals surface area contributed by atoms with Gasteiger partial charge in [0.25, 0.3) is 0 Å². The summed E-state index contributed by atoms with van der Waals surface area (Å²) in [5, 5.41) is 18.5. The molecule has 146 valence electrons. The van der Waals surface area contributed by atoms with Gasteiger partial charge >= 0.3 is 6.03 Å². The molecule has 1 aliphatic heterocycles. The lowest BCUT2D eigenvalue weighted by Gasteiger charge is -2.26. The molecule has 0 spiro atoms. The normalized spacial score (nSPS) is 16.3. The predicted octanol–water partition coefficient (Wildman–Crippen LogP) is 1.96. The Balaban J connectivity index is 1.83. The lowest BCUT2D eigenvalue weighted by atomic mass is 10.0. The van der Waals surface area contributed by atoms with Crippen LogP contribution in [-0.2, 0) is 4.74 Å². The number of anilines is 2. The zero-order chi connectivity index (χ0) is 18.8. The van der Waals surface area contributed by atoms with Gasteiger partial charge in [-0.1, -0.05) is 26.0 Å². The summed E-state index contributed by atoms with van der Waals surface area (Å²) >= 11 is 0. The van der Waals surface area contributed by atoms with E-state index in [1.165, 1.54) is 0 Å². The molecule has 1 aromatic carbocycles. The van der Waals surface area contributed by atoms with E-state index in [4.69, 9.17) is 4.74 Å². The number of benzene rings is 1. The van der Waals surface area contributed by atoms with Crippen LogP contribution in [0.2, 0.25) is 0 Å². The Morgan fingerprint density at radius 1 is 1.23 bits per heavy atom. The van der Waals surface area contributed by atoms with E-state index in [1.807, 2.05) is 24.3 Å². The van der Waals surface area contributed by atoms with Crippen molar-refractivity contribution in [3.8, 4) is 0 Å². The van der Waals surface area contributed by atoms with E-state index in [0.717, 1.165) is 57.2 Å². The minimum Gasteiger partial charge on any atom is -0.394 e. The third kappa shape index (κ3) is 7.19. The summed E-state index contributed by atoms with van der Waals surface area (Å²) < 4.78 is 5.36. The molecular formula is C19H32N4O3. The number of rotatable bonds is 9. The lowest BCUT2D eigenvalue weighted by Crippen LogP contribution is -2.41. The van der Waals surface area contributed by atoms with Crippen molar-refractivity contribution in [3.05, 3.63) is 24.3 Å². The van der Waals surface area contributed by atoms with Crippen LogP contribution in [-0.4, -0.2) is 68.1 Å². The Morgan fingerprint density at radius 2 is 1.92 bits per heavy atom. The first kappa shape index (κ1) is 20.5. The molecule has 0 aromatic heterocycles. The van der Waals surface area contributed by atoms with Crippen LogP contribution in [0.4, 0.5) is 16.2 Å². The van der Waals surface area contributed by atoms with Gasteiger partial charge in [0.2, 0.25) is 0 Å². The van der Waals surface area contributed by atoms with Crippen molar-refractivity contribution in [1.82, 2.24) is 10.2 Å². The molecule has 1 aromatic rings. The summed E-state index contributed by atoms with van der Waals surface area (Å²) in [6, 6.07) is 7.11. The van der Waals surface area contributed by atoms with Crippen LogP contribution in [0.25, 0.3) is 0 Å². The number of nitrogens with one attached hydrogen (secondary N) is 3. The highest BCUT2D eigenvalue weighted by molar-refractivity contribution is 5.93. The second-order valence-electron chi connectivity index (χ2n) is 7.03. The first-order valence-corrected chi connectivity index (χ1v) is 9.40. The van der Waals surface area contributed by atoms with E-state index in [2.05, 4.69) is 34.7 Å². The maximum atomic E-state index is 12.3. The van der Waals surface area contributed by atoms with Crippen molar-refractivity contribution in [2.45, 2.75) is 26.3 Å². The number of amides is 2. The molecule has 2 amide bonds. The summed E-state index contributed by atoms with van der Waals surface area (Å²) in [6.07, 6.45) is 0.739. The second-order valence-corrected chi connectivity index (χ2v) is 7.03. The number of hydrogen-bond donors (Lipinski definition) is 4. The van der Waals surface area contributed by atoms with Gasteiger partial charge < -0.3 is 25.8 Å². The van der Waals surface area contributed by atoms with E-state index in [0.29, 0.717) is 5.92 Å². The molecule has 7 nitrogen and oxygen atoms in total. The number of morpholine rings is 1. The Morgan fingerprint density at radius 3 is 2.58 bits per heavy atom. The van der Waals surface area contributed by atoms with Crippen LogP contribution >= 0.6 is 0 Å². The van der Waals surface area contributed by atoms with Crippen LogP contribution in [0.5, 0.6) is 0 Å². The molecule has 0 saturated carbocycles. The van der Waals surface area contributed by atoms with Crippen molar-refractivity contribution >= 4 is 17.4 Å². The minimum absolute atomic E-state index is 0.0644. The second kappa shape index (κ2) is 11.0. The topological polar surface area (TPSA) is 85.9 Å². The number of aliphatic hydroxyl groups is 1. The summed E-state index contributed by atoms with van der Waals surface area (Å²) in [5.74, 6) is 0.404. The maximum absolute atomic E-state index is 12.3. The number of hydrogen-bond acceptors (Lipinski definition) is 5. The fourth-order valence-electron chi connectivity index (χ4n) is 3.01. The van der Waals surface area contributed by atoms with Crippen molar-refractivity contribution in [3.63, 3.8) is 0 Å². The van der Waals surface area contributed by atoms with Gasteiger partial charge in [-0.05, 0) is 24.5 Å². The lowest BCUT2D eigenvalue weighted by molar-refractivity contribution is 0.0398. The Kier molecular flexibility index (Phi) is 8.67. The van der Waals surface area contributed by atoms with Gasteiger partial charge in [-0.3, -0.25) is 4.90 Å². The molecule has 2 rings (SSSR count). The van der Waals surface area contributed by atoms with E-state index in [9.17, 15) is 9.90 Å². The zero-order valence-electron chi connectivity index (χ0n) is 15.8. The summed E-state index contributed by atoms with van der Waals surface area (Å²) in [4.78, 5) is 14.6. The van der Waals surface area contributed by atoms with Crippen LogP contribution in [0.15, 0.2) is 24.3 Å². The highest BCUT2D eigenvalue weighted by atomic mass is 16.5. The molecular weight excluding hydrogens is 332 g/mol. The van der Waals surface area contributed by atoms with Crippen molar-refractivity contribution in [2.24, 2.45) is 5.92 Å². The van der Waals surface area contributed by atoms with Crippen molar-refractivity contribution < 1.29 is 14.6 Å². The molecule has 0 radical (unpaired) electrons. The third-order valence-corrected chi connectivity index (χ3v) is 4.33. The standard InChI is InChI=1S/C19H32N4O3/c1-15(2)13-16(14-24)21-19(25)22-18-6-4-3-5-17(18)20-7-8-23-9-11-26-12-10-23/h3-6,15-16,20,24H,7-14H2,1-2H3,(H2,21,22,25). The summed E-state index contributed by atoms with van der Waals surface area (Å²) in [7, 11) is 0. The predicted molar refractivity (Wildman–Crippen MR) is 105 cm³/mol. The quantitative estimate of drug-likeness (QED) is 0.538. The Hall–Kier alpha value is -1.83. The first-order chi connectivity index (χ1) is 12.6. The van der Waals surface area contributed by atoms with E-state index >= 15 is 0 Å². The van der Waals surface area contributed by atoms with Crippen LogP contribution in [0, 0.1) is 5.92 Å². The van der Waals surface area contributed by atoms with Gasteiger partial charge in [0, 0.05) is 26.2 Å². The van der Waals surface area contributed by atoms with Gasteiger partial charge in [0.15, 0.2) is 0 Å². The van der Waals surface area contributed by atoms with Gasteiger partial charge in [0.1, 0.15) is 0 Å². The van der Waals surface area contributed by atoms with E-state index in [1.54, 1.807) is 0 Å². The molecule has 1 heterocycles. The minimum atomic E-state index is -0.299. The number of aliphatic hydroxyl groups excluding tert-OH is 1. The van der Waals surface area contributed by atoms with Crippen molar-refractivity contribution in [1.29, 1.82) is 0 Å². The Bertz CT molecular complexity index is 547. The fraction of sp³-hybridized carbons (Fsp3) is 0.632. The Labute approximate surface area is 156 Å². The molecule has 4 N–H and O–H groups in total. The summed E-state index contributed by atoms with van der Waals surface area (Å²) in [6.45, 7) is 9.31. The van der Waals surface area contributed by atoms with Crippen LogP contribution in [0.1, 0.15) is 20.3 Å². The molecule has 1 unspecified atom stereocenters. The van der Waals surface area contributed by atoms with Gasteiger partial charge in [-0.25, -0.2) is 4.79 Å². The maximum Gasteiger partial charge on any atom is 0.319 e. The molecule has 1 atom stereocenters. The molecule has 1 aliphatic rings. The molecule has 1 saturated heterocycles. The number of para-hydroxylation sites is 2. The first-order valence-electron chi connectivity index (χ1n) is 9.40. The number of carbonyl (C=O) groups excluding carboxylic acids is 1. The van der Waals surface area contributed by atoms with Gasteiger partial charge in [0.05, 0.1) is 37.2 Å². The average molecular weight is 364 g/mol. The van der Waals surface area contributed by atoms with Crippen molar-refractivity contribution in [2.75, 3.05) is 56.6 Å². The molecule has 1 fully saturated rings. The van der Waals surface area contributed by atoms with Gasteiger partial charge in [-0.15, -0.1) is 0 Å². The van der Waals surface area contributed by atoms with E-state index < -0.39 is 0 Å². The third-order valence-electron chi connectivity index (χ3n) is 4.33. The number of carbonyl (C=O) groups is 1. The summed E-state index contributed by atoms with van der Waals surface area (Å²) in [5.41, 5.74) is 1.62. The molecule has 0 aliphatic carbocycles. The number of urea groups is 1. The number of ether oxygens (including phenoxy) is 1. The molecule has 7 heteroatoms. The largest absolute Gasteiger partial charge is 0.394 e. The average Bonchev–Trinajstić information content (AvgIpc) is 2.63. The smallest absolute Gasteiger partial charge is 0.319 e. The molecule has 0 bridgehead atoms. The zero-order valence-corrected chi connectivity index (χ0v) is 15.8. The number of nitrogens with zero attached hydrogens (tertiary/aromatic N) is 1. The molecule has 26 heavy (non-hydrogen) atoms. The highest BCUT2D eigenvalue weighted by Crippen LogP contribution is 2.20. The SMILES string of the molecule is CC(C)CC(CO)NC(=O)Nc1ccccc1NCCN1CCOCC1.